The highest BCUT2D eigenvalue weighted by Gasteiger charge is 2.30. The summed E-state index contributed by atoms with van der Waals surface area (Å²) < 4.78 is 11.4. The van der Waals surface area contributed by atoms with Crippen LogP contribution in [0.5, 0.6) is 11.5 Å². The molecule has 1 amide bonds. The van der Waals surface area contributed by atoms with E-state index in [1.807, 2.05) is 37.3 Å². The van der Waals surface area contributed by atoms with Crippen molar-refractivity contribution in [2.45, 2.75) is 57.1 Å². The third-order valence-electron chi connectivity index (χ3n) is 5.64. The van der Waals surface area contributed by atoms with Crippen molar-refractivity contribution in [1.29, 1.82) is 0 Å². The molecule has 1 aliphatic rings. The summed E-state index contributed by atoms with van der Waals surface area (Å²) in [5.74, 6) is -0.770. The minimum absolute atomic E-state index is 0.117. The Kier molecular flexibility index (Phi) is 7.33. The lowest BCUT2D eigenvalue weighted by molar-refractivity contribution is -0.139. The molecule has 1 fully saturated rings. The summed E-state index contributed by atoms with van der Waals surface area (Å²) in [6.45, 7) is 1.92. The van der Waals surface area contributed by atoms with Crippen molar-refractivity contribution in [3.8, 4) is 11.5 Å². The maximum absolute atomic E-state index is 12.9. The number of rotatable bonds is 9. The molecule has 0 radical (unpaired) electrons. The minimum Gasteiger partial charge on any atom is -0.493 e. The normalized spacial score (nSPS) is 15.9. The molecule has 30 heavy (non-hydrogen) atoms. The van der Waals surface area contributed by atoms with Crippen LogP contribution < -0.4 is 14.8 Å². The first-order valence-electron chi connectivity index (χ1n) is 10.5. The summed E-state index contributed by atoms with van der Waals surface area (Å²) in [5, 5.41) is 12.5. The number of methoxy groups -OCH3 is 1. The van der Waals surface area contributed by atoms with Gasteiger partial charge in [-0.3, -0.25) is 4.79 Å². The van der Waals surface area contributed by atoms with Crippen LogP contribution >= 0.6 is 0 Å². The molecule has 1 saturated carbocycles. The van der Waals surface area contributed by atoms with Crippen LogP contribution in [0.4, 0.5) is 0 Å². The SMILES string of the molecule is CCC(c1ccccc1)[C@H](NC(=O)c1ccc(OC)c(OC2CCCC2)c1)C(=O)O. The molecule has 0 heterocycles. The average molecular weight is 411 g/mol. The number of ether oxygens (including phenoxy) is 2. The van der Waals surface area contributed by atoms with Gasteiger partial charge in [-0.05, 0) is 55.9 Å². The van der Waals surface area contributed by atoms with Gasteiger partial charge in [0.05, 0.1) is 13.2 Å². The zero-order valence-electron chi connectivity index (χ0n) is 17.5. The molecule has 3 rings (SSSR count). The first kappa shape index (κ1) is 21.7. The highest BCUT2D eigenvalue weighted by atomic mass is 16.5. The van der Waals surface area contributed by atoms with E-state index in [4.69, 9.17) is 9.47 Å². The van der Waals surface area contributed by atoms with Crippen molar-refractivity contribution in [2.75, 3.05) is 7.11 Å². The standard InChI is InChI=1S/C24H29NO5/c1-3-19(16-9-5-4-6-10-16)22(24(27)28)25-23(26)17-13-14-20(29-2)21(15-17)30-18-11-7-8-12-18/h4-6,9-10,13-15,18-19,22H,3,7-8,11-12H2,1-2H3,(H,25,26)(H,27,28)/t19?,22-/m0/s1. The molecule has 1 unspecified atom stereocenters. The van der Waals surface area contributed by atoms with Crippen LogP contribution in [0.1, 0.15) is 60.9 Å². The molecule has 6 nitrogen and oxygen atoms in total. The van der Waals surface area contributed by atoms with E-state index in [9.17, 15) is 14.7 Å². The van der Waals surface area contributed by atoms with Gasteiger partial charge in [0.2, 0.25) is 0 Å². The predicted octanol–water partition coefficient (Wildman–Crippen LogP) is 4.39. The van der Waals surface area contributed by atoms with E-state index in [0.717, 1.165) is 31.2 Å². The van der Waals surface area contributed by atoms with E-state index in [1.54, 1.807) is 25.3 Å². The highest BCUT2D eigenvalue weighted by Crippen LogP contribution is 2.32. The summed E-state index contributed by atoms with van der Waals surface area (Å²) in [6.07, 6.45) is 4.93. The number of hydrogen-bond donors (Lipinski definition) is 2. The van der Waals surface area contributed by atoms with Gasteiger partial charge in [0.15, 0.2) is 11.5 Å². The fourth-order valence-electron chi connectivity index (χ4n) is 4.02. The highest BCUT2D eigenvalue weighted by molar-refractivity contribution is 5.97. The first-order chi connectivity index (χ1) is 14.5. The number of carbonyl (C=O) groups is 2. The van der Waals surface area contributed by atoms with E-state index in [0.29, 0.717) is 23.5 Å². The summed E-state index contributed by atoms with van der Waals surface area (Å²) in [6, 6.07) is 13.3. The van der Waals surface area contributed by atoms with Gasteiger partial charge in [0.25, 0.3) is 5.91 Å². The molecule has 2 aromatic rings. The van der Waals surface area contributed by atoms with Gasteiger partial charge in [0.1, 0.15) is 6.04 Å². The monoisotopic (exact) mass is 411 g/mol. The van der Waals surface area contributed by atoms with Gasteiger partial charge in [-0.1, -0.05) is 37.3 Å². The fraction of sp³-hybridized carbons (Fsp3) is 0.417. The summed E-state index contributed by atoms with van der Waals surface area (Å²) >= 11 is 0. The maximum Gasteiger partial charge on any atom is 0.326 e. The molecule has 2 aromatic carbocycles. The molecule has 0 aromatic heterocycles. The van der Waals surface area contributed by atoms with Crippen molar-refractivity contribution < 1.29 is 24.2 Å². The molecule has 0 saturated heterocycles. The summed E-state index contributed by atoms with van der Waals surface area (Å²) in [4.78, 5) is 24.9. The van der Waals surface area contributed by atoms with E-state index < -0.39 is 17.9 Å². The van der Waals surface area contributed by atoms with Gasteiger partial charge in [-0.2, -0.15) is 0 Å². The molecular weight excluding hydrogens is 382 g/mol. The second-order valence-corrected chi connectivity index (χ2v) is 7.60. The Bertz CT molecular complexity index is 861. The lowest BCUT2D eigenvalue weighted by atomic mass is 9.89. The number of nitrogens with one attached hydrogen (secondary N) is 1. The van der Waals surface area contributed by atoms with Crippen molar-refractivity contribution in [3.63, 3.8) is 0 Å². The molecular formula is C24H29NO5. The molecule has 0 aliphatic heterocycles. The van der Waals surface area contributed by atoms with E-state index in [-0.39, 0.29) is 12.0 Å². The Morgan fingerprint density at radius 3 is 2.40 bits per heavy atom. The number of carboxylic acid groups (broad SMARTS) is 1. The number of amides is 1. The van der Waals surface area contributed by atoms with Gasteiger partial charge >= 0.3 is 5.97 Å². The maximum atomic E-state index is 12.9. The number of carbonyl (C=O) groups excluding carboxylic acids is 1. The Labute approximate surface area is 177 Å². The third kappa shape index (κ3) is 5.12. The molecule has 160 valence electrons. The predicted molar refractivity (Wildman–Crippen MR) is 114 cm³/mol. The Balaban J connectivity index is 1.81. The third-order valence-corrected chi connectivity index (χ3v) is 5.64. The van der Waals surface area contributed by atoms with Gasteiger partial charge in [-0.15, -0.1) is 0 Å². The van der Waals surface area contributed by atoms with Crippen LogP contribution in [-0.4, -0.2) is 36.2 Å². The lowest BCUT2D eigenvalue weighted by Gasteiger charge is -2.24. The van der Waals surface area contributed by atoms with Crippen molar-refractivity contribution in [2.24, 2.45) is 0 Å². The van der Waals surface area contributed by atoms with Crippen LogP contribution in [0, 0.1) is 0 Å². The number of aliphatic carboxylic acids is 1. The first-order valence-corrected chi connectivity index (χ1v) is 10.5. The molecule has 1 aliphatic carbocycles. The van der Waals surface area contributed by atoms with Crippen LogP contribution in [-0.2, 0) is 4.79 Å². The number of benzene rings is 2. The number of hydrogen-bond acceptors (Lipinski definition) is 4. The molecule has 6 heteroatoms. The smallest absolute Gasteiger partial charge is 0.326 e. The number of carboxylic acids is 1. The molecule has 2 atom stereocenters. The van der Waals surface area contributed by atoms with Gasteiger partial charge in [0, 0.05) is 11.5 Å². The van der Waals surface area contributed by atoms with E-state index in [2.05, 4.69) is 5.32 Å². The largest absolute Gasteiger partial charge is 0.493 e. The van der Waals surface area contributed by atoms with E-state index in [1.165, 1.54) is 0 Å². The summed E-state index contributed by atoms with van der Waals surface area (Å²) in [5.41, 5.74) is 1.23. The van der Waals surface area contributed by atoms with Gasteiger partial charge in [-0.25, -0.2) is 4.79 Å². The van der Waals surface area contributed by atoms with Crippen LogP contribution in [0.25, 0.3) is 0 Å². The Morgan fingerprint density at radius 1 is 1.10 bits per heavy atom. The Morgan fingerprint density at radius 2 is 1.80 bits per heavy atom. The fourth-order valence-corrected chi connectivity index (χ4v) is 4.02. The molecule has 0 bridgehead atoms. The van der Waals surface area contributed by atoms with Crippen LogP contribution in [0.15, 0.2) is 48.5 Å². The Hall–Kier alpha value is -3.02. The molecule has 0 spiro atoms. The average Bonchev–Trinajstić information content (AvgIpc) is 3.27. The van der Waals surface area contributed by atoms with Crippen molar-refractivity contribution in [1.82, 2.24) is 5.32 Å². The quantitative estimate of drug-likeness (QED) is 0.639. The van der Waals surface area contributed by atoms with Crippen LogP contribution in [0.3, 0.4) is 0 Å². The van der Waals surface area contributed by atoms with Crippen molar-refractivity contribution >= 4 is 11.9 Å². The zero-order valence-corrected chi connectivity index (χ0v) is 17.5. The second kappa shape index (κ2) is 10.1. The van der Waals surface area contributed by atoms with Crippen LogP contribution in [0.2, 0.25) is 0 Å². The molecule has 2 N–H and O–H groups in total. The summed E-state index contributed by atoms with van der Waals surface area (Å²) in [7, 11) is 1.56. The topological polar surface area (TPSA) is 84.9 Å². The zero-order chi connectivity index (χ0) is 21.5. The van der Waals surface area contributed by atoms with Crippen molar-refractivity contribution in [3.05, 3.63) is 59.7 Å². The van der Waals surface area contributed by atoms with E-state index >= 15 is 0 Å². The minimum atomic E-state index is -1.06. The lowest BCUT2D eigenvalue weighted by Crippen LogP contribution is -2.44. The second-order valence-electron chi connectivity index (χ2n) is 7.60. The van der Waals surface area contributed by atoms with Gasteiger partial charge < -0.3 is 19.9 Å².